The van der Waals surface area contributed by atoms with E-state index in [0.29, 0.717) is 17.9 Å². The average molecular weight is 548 g/mol. The van der Waals surface area contributed by atoms with Crippen molar-refractivity contribution in [1.29, 1.82) is 5.26 Å². The molecule has 2 fully saturated rings. The van der Waals surface area contributed by atoms with Crippen molar-refractivity contribution in [3.05, 3.63) is 59.9 Å². The molecule has 210 valence electrons. The van der Waals surface area contributed by atoms with Gasteiger partial charge in [0.2, 0.25) is 0 Å². The van der Waals surface area contributed by atoms with Crippen LogP contribution in [-0.2, 0) is 14.3 Å². The fourth-order valence-electron chi connectivity index (χ4n) is 5.19. The number of nitrogens with one attached hydrogen (secondary N) is 1. The van der Waals surface area contributed by atoms with E-state index in [9.17, 15) is 25.4 Å². The molecule has 0 saturated carbocycles. The molecule has 10 nitrogen and oxygen atoms in total. The lowest BCUT2D eigenvalue weighted by molar-refractivity contribution is -0.247. The van der Waals surface area contributed by atoms with Gasteiger partial charge in [0.1, 0.15) is 41.4 Å². The number of anilines is 1. The number of carbonyl (C=O) groups is 1. The molecule has 4 N–H and O–H groups in total. The largest absolute Gasteiger partial charge is 0.456 e. The van der Waals surface area contributed by atoms with Gasteiger partial charge in [-0.25, -0.2) is 0 Å². The number of amides is 1. The molecule has 5 atom stereocenters. The molecule has 2 aromatic carbocycles. The summed E-state index contributed by atoms with van der Waals surface area (Å²) in [7, 11) is 0. The molecule has 5 rings (SSSR count). The van der Waals surface area contributed by atoms with Crippen LogP contribution in [0.2, 0.25) is 0 Å². The number of furan rings is 1. The van der Waals surface area contributed by atoms with Gasteiger partial charge in [-0.05, 0) is 54.4 Å². The van der Waals surface area contributed by atoms with Crippen molar-refractivity contribution in [2.75, 3.05) is 31.2 Å². The Balaban J connectivity index is 1.34. The lowest BCUT2D eigenvalue weighted by Gasteiger charge is -2.40. The number of nitrogens with zero attached hydrogens (tertiary/aromatic N) is 2. The van der Waals surface area contributed by atoms with Crippen molar-refractivity contribution in [2.24, 2.45) is 0 Å². The predicted octanol–water partition coefficient (Wildman–Crippen LogP) is 2.57. The molecule has 1 aromatic heterocycles. The van der Waals surface area contributed by atoms with Gasteiger partial charge >= 0.3 is 0 Å². The Morgan fingerprint density at radius 2 is 1.77 bits per heavy atom. The molecule has 3 aromatic rings. The fourth-order valence-corrected chi connectivity index (χ4v) is 5.19. The van der Waals surface area contributed by atoms with Gasteiger partial charge in [-0.1, -0.05) is 25.1 Å². The summed E-state index contributed by atoms with van der Waals surface area (Å²) in [5.74, 6) is 0.0802. The van der Waals surface area contributed by atoms with Crippen LogP contribution in [0.5, 0.6) is 0 Å². The third-order valence-electron chi connectivity index (χ3n) is 7.59. The van der Waals surface area contributed by atoms with Gasteiger partial charge in [-0.2, -0.15) is 5.26 Å². The highest BCUT2D eigenvalue weighted by Gasteiger charge is 2.44. The molecule has 40 heavy (non-hydrogen) atoms. The van der Waals surface area contributed by atoms with Crippen LogP contribution in [0.4, 0.5) is 5.69 Å². The molecule has 0 bridgehead atoms. The highest BCUT2D eigenvalue weighted by molar-refractivity contribution is 6.04. The number of aliphatic hydroxyl groups is 3. The molecule has 0 aliphatic carbocycles. The number of allylic oxidation sites excluding steroid dienone is 1. The summed E-state index contributed by atoms with van der Waals surface area (Å²) in [5.41, 5.74) is 2.04. The zero-order valence-electron chi connectivity index (χ0n) is 22.4. The van der Waals surface area contributed by atoms with Gasteiger partial charge < -0.3 is 39.4 Å². The van der Waals surface area contributed by atoms with E-state index in [1.54, 1.807) is 26.0 Å². The first-order valence-electron chi connectivity index (χ1n) is 13.4. The maximum absolute atomic E-state index is 13.0. The normalized spacial score (nSPS) is 25.8. The van der Waals surface area contributed by atoms with E-state index in [1.165, 1.54) is 0 Å². The van der Waals surface area contributed by atoms with Crippen LogP contribution in [0.15, 0.2) is 58.5 Å². The number of rotatable bonds is 6. The maximum atomic E-state index is 13.0. The smallest absolute Gasteiger partial charge is 0.262 e. The molecular formula is C30H33N3O7. The number of benzene rings is 2. The Hall–Kier alpha value is -3.72. The molecule has 2 saturated heterocycles. The molecule has 0 radical (unpaired) electrons. The molecule has 2 aliphatic heterocycles. The summed E-state index contributed by atoms with van der Waals surface area (Å²) in [6.45, 7) is 6.51. The molecule has 3 heterocycles. The molecule has 1 unspecified atom stereocenters. The van der Waals surface area contributed by atoms with Crippen molar-refractivity contribution in [3.63, 3.8) is 0 Å². The maximum Gasteiger partial charge on any atom is 0.262 e. The molecule has 2 aliphatic rings. The lowest BCUT2D eigenvalue weighted by atomic mass is 9.95. The fraction of sp³-hybridized carbons (Fsp3) is 0.400. The first-order valence-corrected chi connectivity index (χ1v) is 13.4. The number of hydrogen-bond donors (Lipinski definition) is 4. The Bertz CT molecular complexity index is 1450. The number of aliphatic hydroxyl groups excluding tert-OH is 3. The van der Waals surface area contributed by atoms with Crippen molar-refractivity contribution >= 4 is 27.9 Å². The van der Waals surface area contributed by atoms with E-state index in [4.69, 9.17) is 13.9 Å². The minimum Gasteiger partial charge on any atom is -0.456 e. The minimum atomic E-state index is -1.54. The standard InChI is InChI=1S/C30H33N3O7/c1-3-23-27(34)28(35)26(30(37)40-23)32-29(36)22(16-31)17(2)24-8-9-25(39-24)20-5-4-19-15-21(7-6-18(19)14-20)33-10-12-38-13-11-33/h4-9,14-15,23,26-28,30,34-35,37H,3,10-13H2,1-2H3,(H,32,36)/b22-17+/t23-,26-,27-,28-,30?/m1/s1. The van der Waals surface area contributed by atoms with Crippen molar-refractivity contribution in [3.8, 4) is 17.4 Å². The molecule has 1 amide bonds. The van der Waals surface area contributed by atoms with Gasteiger partial charge in [0.05, 0.1) is 19.3 Å². The summed E-state index contributed by atoms with van der Waals surface area (Å²) in [4.78, 5) is 15.3. The van der Waals surface area contributed by atoms with Crippen LogP contribution in [0.1, 0.15) is 26.0 Å². The SMILES string of the molecule is CC[C@H]1OC(O)[C@H](NC(=O)/C(C#N)=C(\C)c2ccc(-c3ccc4cc(N5CCOCC5)ccc4c3)o2)[C@@H](O)[C@@H]1O. The van der Waals surface area contributed by atoms with Crippen LogP contribution in [-0.4, -0.2) is 78.2 Å². The van der Waals surface area contributed by atoms with Crippen LogP contribution in [0.25, 0.3) is 27.7 Å². The first kappa shape index (κ1) is 27.8. The number of fused-ring (bicyclic) bond motifs is 1. The zero-order valence-corrected chi connectivity index (χ0v) is 22.4. The van der Waals surface area contributed by atoms with E-state index in [1.807, 2.05) is 24.3 Å². The number of ether oxygens (including phenoxy) is 2. The Morgan fingerprint density at radius 3 is 2.50 bits per heavy atom. The quantitative estimate of drug-likeness (QED) is 0.270. The second-order valence-electron chi connectivity index (χ2n) is 10.1. The lowest BCUT2D eigenvalue weighted by Crippen LogP contribution is -2.63. The summed E-state index contributed by atoms with van der Waals surface area (Å²) in [6, 6.07) is 16.4. The average Bonchev–Trinajstić information content (AvgIpc) is 3.48. The van der Waals surface area contributed by atoms with Crippen molar-refractivity contribution < 1.29 is 34.0 Å². The summed E-state index contributed by atoms with van der Waals surface area (Å²) in [5, 5.41) is 45.3. The second-order valence-corrected chi connectivity index (χ2v) is 10.1. The zero-order chi connectivity index (χ0) is 28.4. The summed E-state index contributed by atoms with van der Waals surface area (Å²) < 4.78 is 16.8. The van der Waals surface area contributed by atoms with E-state index >= 15 is 0 Å². The van der Waals surface area contributed by atoms with Gasteiger partial charge in [0.15, 0.2) is 6.29 Å². The number of nitriles is 1. The highest BCUT2D eigenvalue weighted by atomic mass is 16.6. The number of carbonyl (C=O) groups excluding carboxylic acids is 1. The Morgan fingerprint density at radius 1 is 1.05 bits per heavy atom. The van der Waals surface area contributed by atoms with Gasteiger partial charge in [0.25, 0.3) is 5.91 Å². The molecule has 0 spiro atoms. The minimum absolute atomic E-state index is 0.249. The van der Waals surface area contributed by atoms with Crippen LogP contribution >= 0.6 is 0 Å². The Labute approximate surface area is 232 Å². The predicted molar refractivity (Wildman–Crippen MR) is 148 cm³/mol. The van der Waals surface area contributed by atoms with Crippen LogP contribution in [0.3, 0.4) is 0 Å². The second kappa shape index (κ2) is 11.8. The van der Waals surface area contributed by atoms with Gasteiger partial charge in [-0.3, -0.25) is 4.79 Å². The third-order valence-corrected chi connectivity index (χ3v) is 7.59. The summed E-state index contributed by atoms with van der Waals surface area (Å²) >= 11 is 0. The van der Waals surface area contributed by atoms with E-state index in [0.717, 1.165) is 48.3 Å². The van der Waals surface area contributed by atoms with E-state index in [-0.39, 0.29) is 11.1 Å². The van der Waals surface area contributed by atoms with E-state index in [2.05, 4.69) is 28.4 Å². The highest BCUT2D eigenvalue weighted by Crippen LogP contribution is 2.31. The first-order chi connectivity index (χ1) is 19.3. The van der Waals surface area contributed by atoms with Crippen LogP contribution < -0.4 is 10.2 Å². The Kier molecular flexibility index (Phi) is 8.21. The van der Waals surface area contributed by atoms with Gasteiger partial charge in [-0.15, -0.1) is 0 Å². The molecular weight excluding hydrogens is 514 g/mol. The van der Waals surface area contributed by atoms with E-state index < -0.39 is 36.6 Å². The molecule has 10 heteroatoms. The number of morpholine rings is 1. The van der Waals surface area contributed by atoms with Crippen molar-refractivity contribution in [2.45, 2.75) is 50.9 Å². The van der Waals surface area contributed by atoms with Crippen LogP contribution in [0, 0.1) is 11.3 Å². The summed E-state index contributed by atoms with van der Waals surface area (Å²) in [6.07, 6.45) is -4.71. The topological polar surface area (TPSA) is 148 Å². The van der Waals surface area contributed by atoms with Gasteiger partial charge in [0, 0.05) is 29.9 Å². The monoisotopic (exact) mass is 547 g/mol. The number of hydrogen-bond acceptors (Lipinski definition) is 9. The third kappa shape index (κ3) is 5.47. The van der Waals surface area contributed by atoms with Crippen molar-refractivity contribution in [1.82, 2.24) is 5.32 Å².